The van der Waals surface area contributed by atoms with Gasteiger partial charge < -0.3 is 64.2 Å². The molecule has 0 spiro atoms. The fraction of sp³-hybridized carbons (Fsp3) is 0.738. The smallest absolute Gasteiger partial charge is 0.306 e. The fourth-order valence-electron chi connectivity index (χ4n) is 8.65. The monoisotopic (exact) mass is 1070 g/mol. The highest BCUT2D eigenvalue weighted by Crippen LogP contribution is 2.26. The third kappa shape index (κ3) is 33.2. The molecule has 2 aliphatic rings. The molecule has 0 aromatic carbocycles. The average Bonchev–Trinajstić information content (AvgIpc) is 3.42. The summed E-state index contributed by atoms with van der Waals surface area (Å²) in [6, 6.07) is 0. The van der Waals surface area contributed by atoms with Crippen molar-refractivity contribution in [2.45, 2.75) is 261 Å². The first-order valence-corrected chi connectivity index (χ1v) is 29.2. The van der Waals surface area contributed by atoms with E-state index in [-0.39, 0.29) is 19.4 Å². The van der Waals surface area contributed by atoms with Crippen LogP contribution in [-0.2, 0) is 38.0 Å². The topological polar surface area (TPSA) is 231 Å². The van der Waals surface area contributed by atoms with E-state index in [0.717, 1.165) is 64.2 Å². The number of hydrogen-bond donors (Lipinski definition) is 7. The third-order valence-corrected chi connectivity index (χ3v) is 13.4. The van der Waals surface area contributed by atoms with E-state index < -0.39 is 99.3 Å². The molecule has 2 saturated heterocycles. The van der Waals surface area contributed by atoms with Crippen LogP contribution in [0.2, 0.25) is 0 Å². The zero-order chi connectivity index (χ0) is 55.3. The zero-order valence-corrected chi connectivity index (χ0v) is 46.5. The van der Waals surface area contributed by atoms with Crippen LogP contribution >= 0.6 is 0 Å². The summed E-state index contributed by atoms with van der Waals surface area (Å²) in [5.41, 5.74) is 0. The molecule has 0 saturated carbocycles. The maximum absolute atomic E-state index is 13.1. The largest absolute Gasteiger partial charge is 0.462 e. The Morgan fingerprint density at radius 1 is 0.434 bits per heavy atom. The van der Waals surface area contributed by atoms with E-state index in [9.17, 15) is 45.3 Å². The van der Waals surface area contributed by atoms with Gasteiger partial charge in [-0.1, -0.05) is 189 Å². The van der Waals surface area contributed by atoms with Gasteiger partial charge in [0.25, 0.3) is 0 Å². The lowest BCUT2D eigenvalue weighted by Crippen LogP contribution is -2.61. The van der Waals surface area contributed by atoms with E-state index in [1.165, 1.54) is 89.9 Å². The van der Waals surface area contributed by atoms with E-state index in [1.54, 1.807) is 0 Å². The van der Waals surface area contributed by atoms with Crippen LogP contribution in [0, 0.1) is 0 Å². The summed E-state index contributed by atoms with van der Waals surface area (Å²) in [6.07, 6.45) is 41.9. The van der Waals surface area contributed by atoms with Gasteiger partial charge in [-0.2, -0.15) is 0 Å². The van der Waals surface area contributed by atoms with E-state index in [4.69, 9.17) is 28.4 Å². The van der Waals surface area contributed by atoms with Gasteiger partial charge >= 0.3 is 11.9 Å². The molecule has 15 heteroatoms. The van der Waals surface area contributed by atoms with E-state index >= 15 is 0 Å². The number of esters is 2. The minimum Gasteiger partial charge on any atom is -0.462 e. The van der Waals surface area contributed by atoms with Gasteiger partial charge in [0.15, 0.2) is 18.7 Å². The van der Waals surface area contributed by atoms with Crippen molar-refractivity contribution in [2.75, 3.05) is 26.4 Å². The summed E-state index contributed by atoms with van der Waals surface area (Å²) in [4.78, 5) is 25.9. The van der Waals surface area contributed by atoms with E-state index in [1.807, 2.05) is 12.2 Å². The summed E-state index contributed by atoms with van der Waals surface area (Å²) < 4.78 is 33.6. The predicted octanol–water partition coefficient (Wildman–Crippen LogP) is 9.94. The summed E-state index contributed by atoms with van der Waals surface area (Å²) in [6.45, 7) is 2.40. The van der Waals surface area contributed by atoms with Crippen molar-refractivity contribution in [1.29, 1.82) is 0 Å². The molecule has 436 valence electrons. The SMILES string of the molecule is CC/C=C/C/C=C/C/C=C/C/C=C/C/C=C/C/C=C/CCC(=O)OC[C@H](CO[C@H]1O[C@@H](CO[C@H]2O[C@@H](CO)[C@@H](O)C(O)C2O)[C@@H](O)C(O)C1O)OC(=O)CCCCCCCCCCCCC/C=C/CCCCCCCC. The minimum atomic E-state index is -1.78. The molecule has 2 aliphatic heterocycles. The molecule has 76 heavy (non-hydrogen) atoms. The normalized spacial score (nSPS) is 25.0. The molecule has 2 fully saturated rings. The Labute approximate surface area is 456 Å². The molecular formula is C61H102O15. The van der Waals surface area contributed by atoms with Crippen molar-refractivity contribution in [2.24, 2.45) is 0 Å². The second-order valence-corrected chi connectivity index (χ2v) is 20.1. The fourth-order valence-corrected chi connectivity index (χ4v) is 8.65. The quantitative estimate of drug-likeness (QED) is 0.0171. The van der Waals surface area contributed by atoms with Crippen molar-refractivity contribution in [3.8, 4) is 0 Å². The summed E-state index contributed by atoms with van der Waals surface area (Å²) in [5, 5.41) is 72.3. The van der Waals surface area contributed by atoms with Crippen molar-refractivity contribution in [3.05, 3.63) is 85.1 Å². The Morgan fingerprint density at radius 3 is 1.36 bits per heavy atom. The van der Waals surface area contributed by atoms with Crippen molar-refractivity contribution < 1.29 is 73.8 Å². The third-order valence-electron chi connectivity index (χ3n) is 13.4. The summed E-state index contributed by atoms with van der Waals surface area (Å²) >= 11 is 0. The van der Waals surface area contributed by atoms with Crippen molar-refractivity contribution in [3.63, 3.8) is 0 Å². The molecule has 0 amide bonds. The maximum Gasteiger partial charge on any atom is 0.306 e. The Bertz CT molecular complexity index is 1640. The molecule has 15 nitrogen and oxygen atoms in total. The number of ether oxygens (including phenoxy) is 6. The first-order valence-electron chi connectivity index (χ1n) is 29.2. The highest BCUT2D eigenvalue weighted by Gasteiger charge is 2.47. The van der Waals surface area contributed by atoms with Gasteiger partial charge in [0.05, 0.1) is 19.8 Å². The van der Waals surface area contributed by atoms with Gasteiger partial charge in [0.1, 0.15) is 55.4 Å². The number of hydrogen-bond acceptors (Lipinski definition) is 15. The molecule has 0 aliphatic carbocycles. The molecule has 0 radical (unpaired) electrons. The van der Waals surface area contributed by atoms with Crippen LogP contribution in [0.3, 0.4) is 0 Å². The summed E-state index contributed by atoms with van der Waals surface area (Å²) in [7, 11) is 0. The summed E-state index contributed by atoms with van der Waals surface area (Å²) in [5.74, 6) is -1.03. The van der Waals surface area contributed by atoms with Gasteiger partial charge in [0, 0.05) is 12.8 Å². The molecule has 0 aromatic rings. The highest BCUT2D eigenvalue weighted by molar-refractivity contribution is 5.70. The molecule has 11 atom stereocenters. The molecule has 4 unspecified atom stereocenters. The molecule has 7 N–H and O–H groups in total. The lowest BCUT2D eigenvalue weighted by Gasteiger charge is -2.42. The zero-order valence-electron chi connectivity index (χ0n) is 46.5. The number of unbranched alkanes of at least 4 members (excludes halogenated alkanes) is 17. The Kier molecular flexibility index (Phi) is 42.2. The average molecular weight is 1080 g/mol. The number of rotatable bonds is 45. The first-order chi connectivity index (χ1) is 37.0. The second kappa shape index (κ2) is 46.6. The van der Waals surface area contributed by atoms with Crippen molar-refractivity contribution in [1.82, 2.24) is 0 Å². The molecular weight excluding hydrogens is 973 g/mol. The van der Waals surface area contributed by atoms with E-state index in [0.29, 0.717) is 12.8 Å². The van der Waals surface area contributed by atoms with Crippen LogP contribution in [0.5, 0.6) is 0 Å². The number of aliphatic hydroxyl groups excluding tert-OH is 7. The molecule has 2 rings (SSSR count). The van der Waals surface area contributed by atoms with Crippen LogP contribution < -0.4 is 0 Å². The second-order valence-electron chi connectivity index (χ2n) is 20.1. The number of carbonyl (C=O) groups is 2. The highest BCUT2D eigenvalue weighted by atomic mass is 16.7. The van der Waals surface area contributed by atoms with Crippen LogP contribution in [0.15, 0.2) is 85.1 Å². The van der Waals surface area contributed by atoms with Gasteiger partial charge in [-0.3, -0.25) is 9.59 Å². The number of aliphatic hydroxyl groups is 7. The lowest BCUT2D eigenvalue weighted by molar-refractivity contribution is -0.332. The lowest BCUT2D eigenvalue weighted by atomic mass is 9.98. The van der Waals surface area contributed by atoms with Crippen LogP contribution in [0.4, 0.5) is 0 Å². The van der Waals surface area contributed by atoms with Gasteiger partial charge in [0.2, 0.25) is 0 Å². The Hall–Kier alpha value is -3.32. The van der Waals surface area contributed by atoms with Crippen LogP contribution in [0.1, 0.15) is 194 Å². The predicted molar refractivity (Wildman–Crippen MR) is 298 cm³/mol. The van der Waals surface area contributed by atoms with Gasteiger partial charge in [-0.25, -0.2) is 0 Å². The van der Waals surface area contributed by atoms with Gasteiger partial charge in [-0.15, -0.1) is 0 Å². The van der Waals surface area contributed by atoms with Gasteiger partial charge in [-0.05, 0) is 77.0 Å². The van der Waals surface area contributed by atoms with Crippen LogP contribution in [-0.4, -0.2) is 142 Å². The Morgan fingerprint density at radius 2 is 0.855 bits per heavy atom. The molecule has 0 aromatic heterocycles. The number of allylic oxidation sites excluding steroid dienone is 14. The standard InChI is InChI=1S/C61H102O15/c1-3-5-7-9-11-13-15-17-19-21-23-24-26-28-30-32-34-36-38-40-42-44-53(64)74-49(46-71-52(63)43-41-39-37-35-33-31-29-27-25-22-20-18-16-14-12-10-8-6-4-2)47-72-60-59(70)57(68)55(66)51(76-60)48-73-61-58(69)56(67)54(65)50(45-62)75-61/h6,8,12,14,17-20,25,27,31,33,37,39,49-51,54-62,65-70H,3-5,7,9-11,13,15-16,21-24,26,28-30,32,34-36,38,40-48H2,1-2H3/b8-6+,14-12+,19-17+,20-18+,27-25+,33-31+,39-37+/t49-,50+,51+,54-,55-,56?,57?,58?,59?,60+,61+/m1/s1. The number of carbonyl (C=O) groups excluding carboxylic acids is 2. The maximum atomic E-state index is 13.1. The Balaban J connectivity index is 1.78. The molecule has 2 heterocycles. The molecule has 0 bridgehead atoms. The minimum absolute atomic E-state index is 0.0889. The van der Waals surface area contributed by atoms with Crippen LogP contribution in [0.25, 0.3) is 0 Å². The first kappa shape index (κ1) is 68.8. The van der Waals surface area contributed by atoms with E-state index in [2.05, 4.69) is 86.8 Å². The van der Waals surface area contributed by atoms with Crippen molar-refractivity contribution >= 4 is 11.9 Å².